The first-order valence-corrected chi connectivity index (χ1v) is 8.58. The lowest BCUT2D eigenvalue weighted by atomic mass is 10.1. The lowest BCUT2D eigenvalue weighted by molar-refractivity contribution is -0.120. The Kier molecular flexibility index (Phi) is 5.53. The lowest BCUT2D eigenvalue weighted by Gasteiger charge is -2.18. The molecule has 1 unspecified atom stereocenters. The number of anilines is 1. The number of rotatable bonds is 6. The zero-order valence-electron chi connectivity index (χ0n) is 13.1. The number of para-hydroxylation sites is 1. The molecule has 3 nitrogen and oxygen atoms in total. The van der Waals surface area contributed by atoms with Crippen molar-refractivity contribution >= 4 is 23.4 Å². The molecule has 0 bridgehead atoms. The summed E-state index contributed by atoms with van der Waals surface area (Å²) >= 11 is 1.53. The fourth-order valence-corrected chi connectivity index (χ4v) is 3.30. The summed E-state index contributed by atoms with van der Waals surface area (Å²) in [6.45, 7) is 0. The Morgan fingerprint density at radius 1 is 0.750 bits per heavy atom. The average molecular weight is 334 g/mol. The average Bonchev–Trinajstić information content (AvgIpc) is 2.66. The van der Waals surface area contributed by atoms with E-state index in [-0.39, 0.29) is 11.2 Å². The van der Waals surface area contributed by atoms with Crippen molar-refractivity contribution < 1.29 is 4.79 Å². The van der Waals surface area contributed by atoms with Gasteiger partial charge >= 0.3 is 0 Å². The molecule has 0 aromatic heterocycles. The van der Waals surface area contributed by atoms with Crippen LogP contribution >= 0.6 is 11.8 Å². The third kappa shape index (κ3) is 4.40. The molecule has 0 aliphatic carbocycles. The van der Waals surface area contributed by atoms with Crippen LogP contribution in [0, 0.1) is 0 Å². The Morgan fingerprint density at radius 2 is 1.29 bits per heavy atom. The Hall–Kier alpha value is -2.72. The van der Waals surface area contributed by atoms with Gasteiger partial charge < -0.3 is 0 Å². The van der Waals surface area contributed by atoms with Gasteiger partial charge in [0.2, 0.25) is 0 Å². The van der Waals surface area contributed by atoms with E-state index < -0.39 is 0 Å². The van der Waals surface area contributed by atoms with Crippen molar-refractivity contribution in [2.75, 3.05) is 5.43 Å². The van der Waals surface area contributed by atoms with Crippen molar-refractivity contribution in [3.63, 3.8) is 0 Å². The van der Waals surface area contributed by atoms with Crippen LogP contribution in [-0.4, -0.2) is 5.91 Å². The molecule has 0 aliphatic rings. The van der Waals surface area contributed by atoms with Gasteiger partial charge in [0.25, 0.3) is 5.91 Å². The number of hydrogen-bond donors (Lipinski definition) is 2. The second kappa shape index (κ2) is 8.22. The molecule has 0 spiro atoms. The van der Waals surface area contributed by atoms with Crippen LogP contribution in [-0.2, 0) is 4.79 Å². The predicted molar refractivity (Wildman–Crippen MR) is 99.7 cm³/mol. The van der Waals surface area contributed by atoms with E-state index in [4.69, 9.17) is 0 Å². The van der Waals surface area contributed by atoms with Crippen LogP contribution in [0.3, 0.4) is 0 Å². The van der Waals surface area contributed by atoms with Crippen LogP contribution < -0.4 is 10.9 Å². The largest absolute Gasteiger partial charge is 0.299 e. The quantitative estimate of drug-likeness (QED) is 0.509. The molecule has 1 amide bonds. The maximum Gasteiger partial charge on any atom is 0.256 e. The molecule has 1 atom stereocenters. The normalized spacial score (nSPS) is 11.5. The van der Waals surface area contributed by atoms with Gasteiger partial charge in [-0.3, -0.25) is 15.6 Å². The van der Waals surface area contributed by atoms with Crippen molar-refractivity contribution in [1.29, 1.82) is 0 Å². The maximum absolute atomic E-state index is 12.7. The van der Waals surface area contributed by atoms with Crippen molar-refractivity contribution in [1.82, 2.24) is 5.43 Å². The molecule has 0 aliphatic heterocycles. The molecular formula is C20H18N2OS. The Bertz CT molecular complexity index is 763. The minimum Gasteiger partial charge on any atom is -0.299 e. The summed E-state index contributed by atoms with van der Waals surface area (Å²) in [5.41, 5.74) is 7.60. The molecule has 24 heavy (non-hydrogen) atoms. The summed E-state index contributed by atoms with van der Waals surface area (Å²) < 4.78 is 0. The molecular weight excluding hydrogens is 316 g/mol. The first-order valence-electron chi connectivity index (χ1n) is 7.70. The Morgan fingerprint density at radius 3 is 1.92 bits per heavy atom. The second-order valence-corrected chi connectivity index (χ2v) is 6.38. The second-order valence-electron chi connectivity index (χ2n) is 5.20. The fraction of sp³-hybridized carbons (Fsp3) is 0.0500. The monoisotopic (exact) mass is 334 g/mol. The Balaban J connectivity index is 1.75. The number of thioether (sulfide) groups is 1. The van der Waals surface area contributed by atoms with Gasteiger partial charge in [0.1, 0.15) is 5.25 Å². The summed E-state index contributed by atoms with van der Waals surface area (Å²) in [5.74, 6) is -0.0843. The van der Waals surface area contributed by atoms with Gasteiger partial charge in [0, 0.05) is 4.90 Å². The summed E-state index contributed by atoms with van der Waals surface area (Å²) in [7, 11) is 0. The number of carbonyl (C=O) groups is 1. The predicted octanol–water partition coefficient (Wildman–Crippen LogP) is 4.66. The molecule has 120 valence electrons. The van der Waals surface area contributed by atoms with Gasteiger partial charge in [-0.15, -0.1) is 11.8 Å². The highest BCUT2D eigenvalue weighted by molar-refractivity contribution is 8.00. The SMILES string of the molecule is O=C(NNc1ccccc1)C(Sc1ccccc1)c1ccccc1. The highest BCUT2D eigenvalue weighted by Gasteiger charge is 2.21. The first-order chi connectivity index (χ1) is 11.8. The summed E-state index contributed by atoms with van der Waals surface area (Å²) in [6.07, 6.45) is 0. The van der Waals surface area contributed by atoms with Crippen molar-refractivity contribution in [3.05, 3.63) is 96.6 Å². The third-order valence-electron chi connectivity index (χ3n) is 3.44. The molecule has 3 aromatic rings. The number of hydrogen-bond acceptors (Lipinski definition) is 3. The number of amides is 1. The van der Waals surface area contributed by atoms with Crippen LogP contribution in [0.15, 0.2) is 95.9 Å². The van der Waals surface area contributed by atoms with Crippen molar-refractivity contribution in [3.8, 4) is 0 Å². The van der Waals surface area contributed by atoms with E-state index >= 15 is 0 Å². The van der Waals surface area contributed by atoms with Crippen LogP contribution in [0.25, 0.3) is 0 Å². The molecule has 0 heterocycles. The zero-order chi connectivity index (χ0) is 16.6. The minimum atomic E-state index is -0.329. The summed E-state index contributed by atoms with van der Waals surface area (Å²) in [6, 6.07) is 29.3. The van der Waals surface area contributed by atoms with Crippen LogP contribution in [0.5, 0.6) is 0 Å². The van der Waals surface area contributed by atoms with Crippen molar-refractivity contribution in [2.45, 2.75) is 10.1 Å². The van der Waals surface area contributed by atoms with E-state index in [1.54, 1.807) is 0 Å². The van der Waals surface area contributed by atoms with Crippen molar-refractivity contribution in [2.24, 2.45) is 0 Å². The van der Waals surface area contributed by atoms with E-state index in [9.17, 15) is 4.79 Å². The topological polar surface area (TPSA) is 41.1 Å². The smallest absolute Gasteiger partial charge is 0.256 e. The highest BCUT2D eigenvalue weighted by atomic mass is 32.2. The van der Waals surface area contributed by atoms with Gasteiger partial charge in [0.05, 0.1) is 5.69 Å². The summed E-state index contributed by atoms with van der Waals surface area (Å²) in [4.78, 5) is 13.8. The van der Waals surface area contributed by atoms with E-state index in [2.05, 4.69) is 10.9 Å². The Labute approximate surface area is 146 Å². The standard InChI is InChI=1S/C20H18N2OS/c23-20(22-21-17-12-6-2-7-13-17)19(16-10-4-1-5-11-16)24-18-14-8-3-9-15-18/h1-15,19,21H,(H,22,23). The van der Waals surface area contributed by atoms with Gasteiger partial charge in [-0.2, -0.15) is 0 Å². The van der Waals surface area contributed by atoms with Crippen LogP contribution in [0.4, 0.5) is 5.69 Å². The lowest BCUT2D eigenvalue weighted by Crippen LogP contribution is -2.32. The zero-order valence-corrected chi connectivity index (χ0v) is 13.9. The molecule has 2 N–H and O–H groups in total. The minimum absolute atomic E-state index is 0.0843. The number of carbonyl (C=O) groups excluding carboxylic acids is 1. The van der Waals surface area contributed by atoms with E-state index in [1.807, 2.05) is 91.0 Å². The van der Waals surface area contributed by atoms with E-state index in [0.29, 0.717) is 0 Å². The molecule has 4 heteroatoms. The first kappa shape index (κ1) is 16.1. The number of benzene rings is 3. The fourth-order valence-electron chi connectivity index (χ4n) is 2.26. The van der Waals surface area contributed by atoms with Gasteiger partial charge in [-0.1, -0.05) is 66.7 Å². The molecule has 0 radical (unpaired) electrons. The molecule has 0 fully saturated rings. The molecule has 0 saturated heterocycles. The summed E-state index contributed by atoms with van der Waals surface area (Å²) in [5, 5.41) is -0.329. The van der Waals surface area contributed by atoms with Crippen LogP contribution in [0.1, 0.15) is 10.8 Å². The number of nitrogens with one attached hydrogen (secondary N) is 2. The van der Waals surface area contributed by atoms with E-state index in [0.717, 1.165) is 16.1 Å². The van der Waals surface area contributed by atoms with Gasteiger partial charge in [-0.05, 0) is 29.8 Å². The molecule has 3 aromatic carbocycles. The van der Waals surface area contributed by atoms with Gasteiger partial charge in [0.15, 0.2) is 0 Å². The highest BCUT2D eigenvalue weighted by Crippen LogP contribution is 2.35. The van der Waals surface area contributed by atoms with E-state index in [1.165, 1.54) is 11.8 Å². The van der Waals surface area contributed by atoms with Crippen LogP contribution in [0.2, 0.25) is 0 Å². The third-order valence-corrected chi connectivity index (χ3v) is 4.71. The van der Waals surface area contributed by atoms with Gasteiger partial charge in [-0.25, -0.2) is 0 Å². The molecule has 0 saturated carbocycles. The maximum atomic E-state index is 12.7. The number of hydrazine groups is 1. The molecule has 3 rings (SSSR count).